The molecule has 0 aliphatic heterocycles. The summed E-state index contributed by atoms with van der Waals surface area (Å²) in [6.45, 7) is 7.95. The van der Waals surface area contributed by atoms with Crippen molar-refractivity contribution in [3.05, 3.63) is 0 Å². The molecule has 0 spiro atoms. The van der Waals surface area contributed by atoms with Gasteiger partial charge in [0.05, 0.1) is 5.75 Å². The van der Waals surface area contributed by atoms with Crippen LogP contribution in [0.3, 0.4) is 0 Å². The zero-order valence-corrected chi connectivity index (χ0v) is 11.7. The van der Waals surface area contributed by atoms with Gasteiger partial charge in [-0.3, -0.25) is 0 Å². The Kier molecular flexibility index (Phi) is 6.85. The van der Waals surface area contributed by atoms with Crippen molar-refractivity contribution in [2.45, 2.75) is 45.9 Å². The van der Waals surface area contributed by atoms with Crippen LogP contribution in [0.25, 0.3) is 0 Å². The van der Waals surface area contributed by atoms with Crippen molar-refractivity contribution in [1.82, 2.24) is 0 Å². The lowest BCUT2D eigenvalue weighted by Gasteiger charge is -2.23. The molecule has 0 amide bonds. The molecule has 0 heterocycles. The van der Waals surface area contributed by atoms with Crippen LogP contribution in [-0.2, 0) is 9.84 Å². The van der Waals surface area contributed by atoms with E-state index < -0.39 is 9.84 Å². The number of hydrogen-bond donors (Lipinski definition) is 0. The van der Waals surface area contributed by atoms with Crippen molar-refractivity contribution in [1.29, 1.82) is 0 Å². The van der Waals surface area contributed by atoms with E-state index in [0.29, 0.717) is 17.6 Å². The standard InChI is InChI=1S/C11H23ClO2S/c1-5-15(13,14)8-6-7-11(9(2)3)10(4)12/h9-11H,5-8H2,1-4H3. The van der Waals surface area contributed by atoms with Gasteiger partial charge >= 0.3 is 0 Å². The fourth-order valence-electron chi connectivity index (χ4n) is 1.78. The highest BCUT2D eigenvalue weighted by Crippen LogP contribution is 2.24. The van der Waals surface area contributed by atoms with E-state index in [9.17, 15) is 8.42 Å². The molecule has 0 bridgehead atoms. The lowest BCUT2D eigenvalue weighted by Crippen LogP contribution is -2.19. The topological polar surface area (TPSA) is 34.1 Å². The highest BCUT2D eigenvalue weighted by Gasteiger charge is 2.19. The van der Waals surface area contributed by atoms with Crippen molar-refractivity contribution >= 4 is 21.4 Å². The monoisotopic (exact) mass is 254 g/mol. The molecule has 0 aliphatic carbocycles. The van der Waals surface area contributed by atoms with Crippen molar-refractivity contribution in [2.24, 2.45) is 11.8 Å². The van der Waals surface area contributed by atoms with Crippen molar-refractivity contribution < 1.29 is 8.42 Å². The van der Waals surface area contributed by atoms with Crippen LogP contribution in [0.5, 0.6) is 0 Å². The zero-order chi connectivity index (χ0) is 12.1. The van der Waals surface area contributed by atoms with E-state index in [0.717, 1.165) is 12.8 Å². The van der Waals surface area contributed by atoms with E-state index in [1.54, 1.807) is 6.92 Å². The molecular weight excluding hydrogens is 232 g/mol. The quantitative estimate of drug-likeness (QED) is 0.655. The normalized spacial score (nSPS) is 16.7. The van der Waals surface area contributed by atoms with Gasteiger partial charge < -0.3 is 0 Å². The van der Waals surface area contributed by atoms with Crippen LogP contribution in [0.15, 0.2) is 0 Å². The van der Waals surface area contributed by atoms with Gasteiger partial charge in [-0.05, 0) is 31.6 Å². The molecule has 2 unspecified atom stereocenters. The second kappa shape index (κ2) is 6.74. The van der Waals surface area contributed by atoms with Gasteiger partial charge in [0.1, 0.15) is 9.84 Å². The first kappa shape index (κ1) is 15.2. The molecule has 92 valence electrons. The zero-order valence-electron chi connectivity index (χ0n) is 10.2. The second-order valence-electron chi connectivity index (χ2n) is 4.46. The number of hydrogen-bond acceptors (Lipinski definition) is 2. The molecule has 0 radical (unpaired) electrons. The maximum absolute atomic E-state index is 11.3. The molecule has 0 rings (SSSR count). The van der Waals surface area contributed by atoms with Crippen LogP contribution in [0.4, 0.5) is 0 Å². The Morgan fingerprint density at radius 2 is 1.73 bits per heavy atom. The summed E-state index contributed by atoms with van der Waals surface area (Å²) in [4.78, 5) is 0. The Hall–Kier alpha value is 0.240. The Bertz CT molecular complexity index is 250. The first-order chi connectivity index (χ1) is 6.80. The van der Waals surface area contributed by atoms with Crippen LogP contribution in [0, 0.1) is 11.8 Å². The second-order valence-corrected chi connectivity index (χ2v) is 7.63. The predicted octanol–water partition coefficient (Wildman–Crippen LogP) is 3.10. The molecule has 2 atom stereocenters. The smallest absolute Gasteiger partial charge is 0.150 e. The van der Waals surface area contributed by atoms with Gasteiger partial charge in [0.2, 0.25) is 0 Å². The van der Waals surface area contributed by atoms with Crippen LogP contribution in [0.1, 0.15) is 40.5 Å². The first-order valence-corrected chi connectivity index (χ1v) is 7.90. The summed E-state index contributed by atoms with van der Waals surface area (Å²) in [6.07, 6.45) is 1.64. The van der Waals surface area contributed by atoms with E-state index >= 15 is 0 Å². The molecule has 0 aromatic heterocycles. The van der Waals surface area contributed by atoms with Gasteiger partial charge in [-0.25, -0.2) is 8.42 Å². The van der Waals surface area contributed by atoms with Crippen LogP contribution < -0.4 is 0 Å². The predicted molar refractivity (Wildman–Crippen MR) is 67.2 cm³/mol. The summed E-state index contributed by atoms with van der Waals surface area (Å²) < 4.78 is 22.6. The summed E-state index contributed by atoms with van der Waals surface area (Å²) in [5, 5.41) is 0.120. The maximum Gasteiger partial charge on any atom is 0.150 e. The first-order valence-electron chi connectivity index (χ1n) is 5.64. The molecule has 0 saturated carbocycles. The summed E-state index contributed by atoms with van der Waals surface area (Å²) in [5.41, 5.74) is 0. The third kappa shape index (κ3) is 6.41. The number of sulfone groups is 1. The van der Waals surface area contributed by atoms with Crippen molar-refractivity contribution in [3.8, 4) is 0 Å². The van der Waals surface area contributed by atoms with Gasteiger partial charge in [-0.1, -0.05) is 20.8 Å². The average Bonchev–Trinajstić information content (AvgIpc) is 2.11. The molecule has 4 heteroatoms. The fraction of sp³-hybridized carbons (Fsp3) is 1.00. The van der Waals surface area contributed by atoms with E-state index in [2.05, 4.69) is 13.8 Å². The van der Waals surface area contributed by atoms with Gasteiger partial charge in [0.25, 0.3) is 0 Å². The van der Waals surface area contributed by atoms with Gasteiger partial charge in [-0.2, -0.15) is 0 Å². The molecule has 0 aromatic rings. The Balaban J connectivity index is 4.03. The third-order valence-corrected chi connectivity index (χ3v) is 4.99. The SMILES string of the molecule is CCS(=O)(=O)CCCC(C(C)C)C(C)Cl. The Morgan fingerprint density at radius 1 is 1.20 bits per heavy atom. The van der Waals surface area contributed by atoms with Gasteiger partial charge in [-0.15, -0.1) is 11.6 Å². The molecular formula is C11H23ClO2S. The Labute approximate surface area is 99.3 Å². The molecule has 0 fully saturated rings. The molecule has 0 saturated heterocycles. The minimum atomic E-state index is -2.81. The van der Waals surface area contributed by atoms with Crippen molar-refractivity contribution in [2.75, 3.05) is 11.5 Å². The third-order valence-electron chi connectivity index (χ3n) is 2.88. The minimum Gasteiger partial charge on any atom is -0.229 e. The summed E-state index contributed by atoms with van der Waals surface area (Å²) >= 11 is 6.07. The summed E-state index contributed by atoms with van der Waals surface area (Å²) in [7, 11) is -2.81. The summed E-state index contributed by atoms with van der Waals surface area (Å²) in [6, 6.07) is 0. The molecule has 0 aromatic carbocycles. The van der Waals surface area contributed by atoms with Crippen LogP contribution >= 0.6 is 11.6 Å². The van der Waals surface area contributed by atoms with E-state index in [4.69, 9.17) is 11.6 Å². The lowest BCUT2D eigenvalue weighted by atomic mass is 9.89. The largest absolute Gasteiger partial charge is 0.229 e. The maximum atomic E-state index is 11.3. The lowest BCUT2D eigenvalue weighted by molar-refractivity contribution is 0.351. The number of halogens is 1. The van der Waals surface area contributed by atoms with Gasteiger partial charge in [0, 0.05) is 11.1 Å². The van der Waals surface area contributed by atoms with E-state index in [1.165, 1.54) is 0 Å². The molecule has 2 nitrogen and oxygen atoms in total. The number of alkyl halides is 1. The molecule has 0 aliphatic rings. The fourth-order valence-corrected chi connectivity index (χ4v) is 3.09. The van der Waals surface area contributed by atoms with Gasteiger partial charge in [0.15, 0.2) is 0 Å². The van der Waals surface area contributed by atoms with Crippen molar-refractivity contribution in [3.63, 3.8) is 0 Å². The van der Waals surface area contributed by atoms with Crippen LogP contribution in [-0.4, -0.2) is 25.3 Å². The minimum absolute atomic E-state index is 0.120. The molecule has 15 heavy (non-hydrogen) atoms. The highest BCUT2D eigenvalue weighted by molar-refractivity contribution is 7.91. The molecule has 0 N–H and O–H groups in total. The highest BCUT2D eigenvalue weighted by atomic mass is 35.5. The Morgan fingerprint density at radius 3 is 2.07 bits per heavy atom. The average molecular weight is 255 g/mol. The van der Waals surface area contributed by atoms with E-state index in [-0.39, 0.29) is 11.1 Å². The van der Waals surface area contributed by atoms with Crippen LogP contribution in [0.2, 0.25) is 0 Å². The summed E-state index contributed by atoms with van der Waals surface area (Å²) in [5.74, 6) is 1.48. The number of rotatable bonds is 7. The van der Waals surface area contributed by atoms with E-state index in [1.807, 2.05) is 6.92 Å².